The Balaban J connectivity index is 2.07. The number of aromatic carboxylic acids is 1. The maximum absolute atomic E-state index is 13.9. The number of aromatic hydroxyl groups is 3. The number of carbonyl (C=O) groups excluding carboxylic acids is 1. The maximum atomic E-state index is 13.9. The number of phenols is 3. The topological polar surface area (TPSA) is 214 Å². The monoisotopic (exact) mass is 696 g/mol. The average Bonchev–Trinajstić information content (AvgIpc) is 3.07. The minimum atomic E-state index is -1.88. The third kappa shape index (κ3) is 10.3. The van der Waals surface area contributed by atoms with Crippen molar-refractivity contribution < 1.29 is 59.9 Å². The molecule has 3 rings (SSSR count). The van der Waals surface area contributed by atoms with Crippen molar-refractivity contribution in [1.82, 2.24) is 0 Å². The first-order valence-corrected chi connectivity index (χ1v) is 16.8. The van der Waals surface area contributed by atoms with E-state index in [9.17, 15) is 50.4 Å². The van der Waals surface area contributed by atoms with E-state index in [1.165, 1.54) is 12.1 Å². The van der Waals surface area contributed by atoms with Crippen molar-refractivity contribution in [2.24, 2.45) is 0 Å². The van der Waals surface area contributed by atoms with Gasteiger partial charge in [0.15, 0.2) is 0 Å². The van der Waals surface area contributed by atoms with Gasteiger partial charge in [-0.05, 0) is 61.8 Å². The number of hydrogen-bond donors (Lipinski definition) is 8. The van der Waals surface area contributed by atoms with Gasteiger partial charge in [-0.25, -0.2) is 9.59 Å². The fourth-order valence-corrected chi connectivity index (χ4v) is 5.51. The molecule has 1 fully saturated rings. The van der Waals surface area contributed by atoms with Crippen LogP contribution < -0.4 is 4.74 Å². The van der Waals surface area contributed by atoms with Crippen LogP contribution in [-0.2, 0) is 17.6 Å². The van der Waals surface area contributed by atoms with Gasteiger partial charge in [0, 0.05) is 6.07 Å². The molecule has 1 heterocycles. The van der Waals surface area contributed by atoms with Crippen molar-refractivity contribution in [3.05, 3.63) is 94.6 Å². The largest absolute Gasteiger partial charge is 0.507 e. The number of unbranched alkanes of at least 4 members (excludes halogenated alkanes) is 2. The molecule has 0 amide bonds. The van der Waals surface area contributed by atoms with Crippen LogP contribution in [0, 0.1) is 0 Å². The van der Waals surface area contributed by atoms with E-state index in [0.717, 1.165) is 31.7 Å². The number of aliphatic hydroxyl groups is 4. The molecule has 272 valence electrons. The van der Waals surface area contributed by atoms with Crippen molar-refractivity contribution >= 4 is 11.9 Å². The fraction of sp³-hybridized carbons (Fsp3) is 0.421. The van der Waals surface area contributed by atoms with Crippen LogP contribution in [0.25, 0.3) is 0 Å². The molecule has 1 aliphatic rings. The minimum Gasteiger partial charge on any atom is -0.507 e. The Kier molecular flexibility index (Phi) is 15.7. The molecule has 12 nitrogen and oxygen atoms in total. The number of carbonyl (C=O) groups is 2. The lowest BCUT2D eigenvalue weighted by molar-refractivity contribution is -0.232. The SMILES string of the molecule is CCC/C=C/C=C/CCc1cc(C(=O)O)c(O)cc1OC(=O)c1c(CC/C=C/C=C/CCC)cc(O)c([C@@H]2O[C@H](CO)[C@@H](O)[C@H](O)[C@H]2O)c1O. The van der Waals surface area contributed by atoms with Gasteiger partial charge >= 0.3 is 11.9 Å². The summed E-state index contributed by atoms with van der Waals surface area (Å²) in [7, 11) is 0. The summed E-state index contributed by atoms with van der Waals surface area (Å²) in [6.07, 6.45) is 11.6. The number of rotatable bonds is 17. The summed E-state index contributed by atoms with van der Waals surface area (Å²) < 4.78 is 11.3. The predicted molar refractivity (Wildman–Crippen MR) is 186 cm³/mol. The molecule has 0 bridgehead atoms. The summed E-state index contributed by atoms with van der Waals surface area (Å²) in [5, 5.41) is 83.8. The molecule has 0 aliphatic carbocycles. The molecule has 2 aromatic rings. The number of carboxylic acids is 1. The molecule has 8 N–H and O–H groups in total. The van der Waals surface area contributed by atoms with Crippen molar-refractivity contribution in [3.8, 4) is 23.0 Å². The number of hydrogen-bond acceptors (Lipinski definition) is 11. The molecule has 1 aliphatic heterocycles. The molecular weight excluding hydrogens is 648 g/mol. The molecule has 0 radical (unpaired) electrons. The van der Waals surface area contributed by atoms with Gasteiger partial charge in [-0.2, -0.15) is 0 Å². The third-order valence-corrected chi connectivity index (χ3v) is 8.23. The van der Waals surface area contributed by atoms with Gasteiger partial charge in [-0.3, -0.25) is 0 Å². The van der Waals surface area contributed by atoms with Crippen LogP contribution in [0.2, 0.25) is 0 Å². The highest BCUT2D eigenvalue weighted by Crippen LogP contribution is 2.45. The van der Waals surface area contributed by atoms with Crippen molar-refractivity contribution in [2.75, 3.05) is 6.61 Å². The number of ether oxygens (including phenoxy) is 2. The number of aliphatic hydroxyl groups excluding tert-OH is 4. The zero-order chi connectivity index (χ0) is 36.8. The molecule has 12 heteroatoms. The lowest BCUT2D eigenvalue weighted by Gasteiger charge is -2.40. The number of allylic oxidation sites excluding steroid dienone is 8. The first kappa shape index (κ1) is 40.0. The van der Waals surface area contributed by atoms with E-state index in [0.29, 0.717) is 12.8 Å². The van der Waals surface area contributed by atoms with Crippen molar-refractivity contribution in [1.29, 1.82) is 0 Å². The van der Waals surface area contributed by atoms with E-state index in [4.69, 9.17) is 9.47 Å². The Morgan fingerprint density at radius 2 is 1.32 bits per heavy atom. The van der Waals surface area contributed by atoms with E-state index in [2.05, 4.69) is 13.8 Å². The van der Waals surface area contributed by atoms with Gasteiger partial charge in [-0.1, -0.05) is 75.3 Å². The minimum absolute atomic E-state index is 0.130. The van der Waals surface area contributed by atoms with Crippen LogP contribution in [-0.4, -0.2) is 83.8 Å². The molecule has 1 saturated heterocycles. The Labute approximate surface area is 291 Å². The molecular formula is C38H48O12. The van der Waals surface area contributed by atoms with Crippen LogP contribution >= 0.6 is 0 Å². The van der Waals surface area contributed by atoms with Gasteiger partial charge in [0.1, 0.15) is 64.6 Å². The molecule has 0 saturated carbocycles. The summed E-state index contributed by atoms with van der Waals surface area (Å²) in [6.45, 7) is 3.34. The molecule has 50 heavy (non-hydrogen) atoms. The molecule has 0 unspecified atom stereocenters. The summed E-state index contributed by atoms with van der Waals surface area (Å²) in [6, 6.07) is 3.40. The quantitative estimate of drug-likeness (QED) is 0.0628. The summed E-state index contributed by atoms with van der Waals surface area (Å²) >= 11 is 0. The van der Waals surface area contributed by atoms with Crippen LogP contribution in [0.1, 0.15) is 95.9 Å². The number of carboxylic acid groups (broad SMARTS) is 1. The molecule has 5 atom stereocenters. The van der Waals surface area contributed by atoms with Crippen molar-refractivity contribution in [3.63, 3.8) is 0 Å². The first-order valence-electron chi connectivity index (χ1n) is 16.8. The predicted octanol–water partition coefficient (Wildman–Crippen LogP) is 4.93. The zero-order valence-electron chi connectivity index (χ0n) is 28.3. The van der Waals surface area contributed by atoms with E-state index < -0.39 is 83.0 Å². The standard InChI is InChI=1S/C38H48O12/c1-3-5-7-9-11-13-15-17-23-19-25(37(46)47)26(40)21-28(23)50-38(48)30-24(18-16-14-12-10-8-6-4-2)20-27(41)31(33(30)43)36-35(45)34(44)32(42)29(22-39)49-36/h7-14,19-21,29,32,34-36,39-45H,3-6,15-18,22H2,1-2H3,(H,46,47)/b9-7+,10-8+,13-11+,14-12+/t29-,32-,34+,35-,36+/m1/s1. The summed E-state index contributed by atoms with van der Waals surface area (Å²) in [5.41, 5.74) is -0.870. The second-order valence-electron chi connectivity index (χ2n) is 12.0. The fourth-order valence-electron chi connectivity index (χ4n) is 5.51. The van der Waals surface area contributed by atoms with Crippen molar-refractivity contribution in [2.45, 2.75) is 95.7 Å². The Hall–Kier alpha value is -4.46. The second-order valence-corrected chi connectivity index (χ2v) is 12.0. The van der Waals surface area contributed by atoms with Crippen LogP contribution in [0.5, 0.6) is 23.0 Å². The number of esters is 1. The lowest BCUT2D eigenvalue weighted by atomic mass is 9.87. The van der Waals surface area contributed by atoms with Gasteiger partial charge < -0.3 is 50.3 Å². The smallest absolute Gasteiger partial charge is 0.347 e. The van der Waals surface area contributed by atoms with E-state index in [1.807, 2.05) is 48.6 Å². The average molecular weight is 697 g/mol. The highest BCUT2D eigenvalue weighted by Gasteiger charge is 2.46. The number of phenolic OH excluding ortho intramolecular Hbond substituents is 2. The normalized spacial score (nSPS) is 21.2. The van der Waals surface area contributed by atoms with Gasteiger partial charge in [0.05, 0.1) is 12.2 Å². The zero-order valence-corrected chi connectivity index (χ0v) is 28.3. The highest BCUT2D eigenvalue weighted by molar-refractivity contribution is 5.97. The van der Waals surface area contributed by atoms with Crippen LogP contribution in [0.15, 0.2) is 66.8 Å². The molecule has 0 spiro atoms. The summed E-state index contributed by atoms with van der Waals surface area (Å²) in [4.78, 5) is 25.7. The lowest BCUT2D eigenvalue weighted by Crippen LogP contribution is -2.55. The Morgan fingerprint density at radius 1 is 0.760 bits per heavy atom. The summed E-state index contributed by atoms with van der Waals surface area (Å²) in [5.74, 6) is -4.76. The van der Waals surface area contributed by atoms with Gasteiger partial charge in [0.2, 0.25) is 0 Å². The van der Waals surface area contributed by atoms with Gasteiger partial charge in [-0.15, -0.1) is 0 Å². The first-order chi connectivity index (χ1) is 24.0. The van der Waals surface area contributed by atoms with E-state index in [-0.39, 0.29) is 29.7 Å². The highest BCUT2D eigenvalue weighted by atomic mass is 16.5. The number of aryl methyl sites for hydroxylation is 2. The third-order valence-electron chi connectivity index (χ3n) is 8.23. The van der Waals surface area contributed by atoms with Crippen LogP contribution in [0.3, 0.4) is 0 Å². The van der Waals surface area contributed by atoms with E-state index >= 15 is 0 Å². The molecule has 2 aromatic carbocycles. The Bertz CT molecular complexity index is 1570. The second kappa shape index (κ2) is 19.7. The molecule has 0 aromatic heterocycles. The Morgan fingerprint density at radius 3 is 1.86 bits per heavy atom. The van der Waals surface area contributed by atoms with E-state index in [1.54, 1.807) is 0 Å². The maximum Gasteiger partial charge on any atom is 0.347 e. The van der Waals surface area contributed by atoms with Gasteiger partial charge in [0.25, 0.3) is 0 Å². The van der Waals surface area contributed by atoms with Crippen LogP contribution in [0.4, 0.5) is 0 Å². The number of benzene rings is 2.